The van der Waals surface area contributed by atoms with E-state index >= 15 is 0 Å². The number of para-hydroxylation sites is 1. The van der Waals surface area contributed by atoms with Crippen LogP contribution in [0.25, 0.3) is 11.3 Å². The van der Waals surface area contributed by atoms with Gasteiger partial charge in [-0.25, -0.2) is 4.39 Å². The minimum Gasteiger partial charge on any atom is -0.459 e. The first-order valence-electron chi connectivity index (χ1n) is 12.0. The van der Waals surface area contributed by atoms with Crippen LogP contribution in [0, 0.1) is 5.82 Å². The topological polar surface area (TPSA) is 50.5 Å². The van der Waals surface area contributed by atoms with Crippen molar-refractivity contribution in [3.05, 3.63) is 131 Å². The fraction of sp³-hybridized carbons (Fsp3) is 0.0667. The maximum atomic E-state index is 13.7. The second-order valence-corrected chi connectivity index (χ2v) is 9.97. The molecular weight excluding hydrogens is 565 g/mol. The van der Waals surface area contributed by atoms with Crippen LogP contribution in [0.5, 0.6) is 11.5 Å². The number of halogens is 2. The van der Waals surface area contributed by atoms with Crippen molar-refractivity contribution in [3.8, 4) is 22.8 Å². The van der Waals surface area contributed by atoms with Crippen LogP contribution in [0.1, 0.15) is 23.5 Å². The Morgan fingerprint density at radius 2 is 1.66 bits per heavy atom. The number of thiocarbonyl (C=S) groups is 1. The zero-order valence-corrected chi connectivity index (χ0v) is 22.3. The van der Waals surface area contributed by atoms with E-state index in [1.54, 1.807) is 12.3 Å². The standard InChI is InChI=1S/C30H21BrFN3O2S/c31-24-18-19(32)9-14-23(24)26-15-16-27(37-26)29-28(25-8-4-5-17-33-25)34-30(38)35(29)20-10-12-22(13-11-20)36-21-6-2-1-3-7-21/h1-18,28-29H,(H,34,38). The van der Waals surface area contributed by atoms with E-state index in [1.165, 1.54) is 12.1 Å². The molecule has 0 saturated carbocycles. The molecule has 1 aliphatic rings. The smallest absolute Gasteiger partial charge is 0.174 e. The van der Waals surface area contributed by atoms with Gasteiger partial charge in [0, 0.05) is 21.9 Å². The van der Waals surface area contributed by atoms with E-state index in [0.717, 1.165) is 28.4 Å². The van der Waals surface area contributed by atoms with Gasteiger partial charge in [0.1, 0.15) is 34.9 Å². The van der Waals surface area contributed by atoms with E-state index in [-0.39, 0.29) is 17.9 Å². The van der Waals surface area contributed by atoms with Crippen molar-refractivity contribution in [1.29, 1.82) is 0 Å². The molecule has 3 heterocycles. The summed E-state index contributed by atoms with van der Waals surface area (Å²) in [6.07, 6.45) is 1.76. The number of anilines is 1. The molecule has 0 spiro atoms. The molecular formula is C30H21BrFN3O2S. The lowest BCUT2D eigenvalue weighted by atomic mass is 10.0. The van der Waals surface area contributed by atoms with E-state index in [9.17, 15) is 4.39 Å². The third kappa shape index (κ3) is 4.80. The van der Waals surface area contributed by atoms with Crippen molar-refractivity contribution >= 4 is 38.9 Å². The summed E-state index contributed by atoms with van der Waals surface area (Å²) in [5, 5.41) is 3.99. The van der Waals surface area contributed by atoms with Gasteiger partial charge in [0.2, 0.25) is 0 Å². The van der Waals surface area contributed by atoms with E-state index < -0.39 is 0 Å². The molecule has 8 heteroatoms. The Bertz CT molecular complexity index is 1580. The number of ether oxygens (including phenoxy) is 1. The van der Waals surface area contributed by atoms with Gasteiger partial charge in [-0.05, 0) is 107 Å². The van der Waals surface area contributed by atoms with Gasteiger partial charge < -0.3 is 19.4 Å². The fourth-order valence-corrected chi connectivity index (χ4v) is 5.46. The number of nitrogens with zero attached hydrogens (tertiary/aromatic N) is 2. The Hall–Kier alpha value is -4.01. The fourth-order valence-electron chi connectivity index (χ4n) is 4.57. The first-order valence-corrected chi connectivity index (χ1v) is 13.2. The lowest BCUT2D eigenvalue weighted by Crippen LogP contribution is -2.29. The number of pyridine rings is 1. The zero-order valence-electron chi connectivity index (χ0n) is 19.9. The molecule has 2 unspecified atom stereocenters. The molecule has 38 heavy (non-hydrogen) atoms. The molecule has 1 fully saturated rings. The van der Waals surface area contributed by atoms with E-state index in [4.69, 9.17) is 21.4 Å². The summed E-state index contributed by atoms with van der Waals surface area (Å²) in [6.45, 7) is 0. The Morgan fingerprint density at radius 1 is 0.895 bits per heavy atom. The number of benzene rings is 3. The summed E-state index contributed by atoms with van der Waals surface area (Å²) in [4.78, 5) is 6.62. The van der Waals surface area contributed by atoms with Crippen LogP contribution in [-0.2, 0) is 0 Å². The first kappa shape index (κ1) is 24.3. The van der Waals surface area contributed by atoms with Crippen LogP contribution in [-0.4, -0.2) is 10.1 Å². The zero-order chi connectivity index (χ0) is 26.1. The summed E-state index contributed by atoms with van der Waals surface area (Å²) in [5.41, 5.74) is 2.48. The summed E-state index contributed by atoms with van der Waals surface area (Å²) in [7, 11) is 0. The van der Waals surface area contributed by atoms with Crippen LogP contribution in [0.15, 0.2) is 118 Å². The summed E-state index contributed by atoms with van der Waals surface area (Å²) in [5.74, 6) is 2.48. The molecule has 0 bridgehead atoms. The van der Waals surface area contributed by atoms with Gasteiger partial charge in [-0.1, -0.05) is 24.3 Å². The number of nitrogens with one attached hydrogen (secondary N) is 1. The van der Waals surface area contributed by atoms with Crippen molar-refractivity contribution in [2.75, 3.05) is 4.90 Å². The Labute approximate surface area is 233 Å². The van der Waals surface area contributed by atoms with Gasteiger partial charge in [0.15, 0.2) is 5.11 Å². The molecule has 2 atom stereocenters. The Kier molecular flexibility index (Phi) is 6.66. The van der Waals surface area contributed by atoms with Crippen LogP contribution < -0.4 is 15.0 Å². The van der Waals surface area contributed by atoms with Gasteiger partial charge in [-0.15, -0.1) is 0 Å². The minimum atomic E-state index is -0.321. The highest BCUT2D eigenvalue weighted by Crippen LogP contribution is 2.44. The van der Waals surface area contributed by atoms with E-state index in [1.807, 2.05) is 89.8 Å². The summed E-state index contributed by atoms with van der Waals surface area (Å²) in [6, 6.07) is 31.0. The summed E-state index contributed by atoms with van der Waals surface area (Å²) < 4.78 is 26.6. The first-order chi connectivity index (χ1) is 18.6. The molecule has 0 radical (unpaired) electrons. The molecule has 5 nitrogen and oxygen atoms in total. The second kappa shape index (κ2) is 10.4. The quantitative estimate of drug-likeness (QED) is 0.203. The number of rotatable bonds is 6. The maximum Gasteiger partial charge on any atom is 0.174 e. The Morgan fingerprint density at radius 3 is 2.39 bits per heavy atom. The van der Waals surface area contributed by atoms with Gasteiger partial charge in [0.25, 0.3) is 0 Å². The van der Waals surface area contributed by atoms with Crippen molar-refractivity contribution in [3.63, 3.8) is 0 Å². The molecule has 1 N–H and O–H groups in total. The molecule has 5 aromatic rings. The van der Waals surface area contributed by atoms with Gasteiger partial charge in [-0.3, -0.25) is 4.98 Å². The van der Waals surface area contributed by atoms with Crippen LogP contribution in [0.2, 0.25) is 0 Å². The molecule has 3 aromatic carbocycles. The normalized spacial score (nSPS) is 16.9. The van der Waals surface area contributed by atoms with Gasteiger partial charge in [0.05, 0.1) is 11.7 Å². The third-order valence-electron chi connectivity index (χ3n) is 6.31. The summed E-state index contributed by atoms with van der Waals surface area (Å²) >= 11 is 9.26. The second-order valence-electron chi connectivity index (χ2n) is 8.73. The highest BCUT2D eigenvalue weighted by molar-refractivity contribution is 9.10. The van der Waals surface area contributed by atoms with Crippen LogP contribution in [0.3, 0.4) is 0 Å². The number of furan rings is 1. The molecule has 6 rings (SSSR count). The van der Waals surface area contributed by atoms with E-state index in [0.29, 0.717) is 21.1 Å². The number of hydrogen-bond acceptors (Lipinski definition) is 4. The van der Waals surface area contributed by atoms with Gasteiger partial charge >= 0.3 is 0 Å². The number of hydrogen-bond donors (Lipinski definition) is 1. The molecule has 0 aliphatic carbocycles. The Balaban J connectivity index is 1.37. The molecule has 188 valence electrons. The molecule has 0 amide bonds. The monoisotopic (exact) mass is 585 g/mol. The molecule has 1 saturated heterocycles. The largest absolute Gasteiger partial charge is 0.459 e. The maximum absolute atomic E-state index is 13.7. The predicted molar refractivity (Wildman–Crippen MR) is 153 cm³/mol. The predicted octanol–water partition coefficient (Wildman–Crippen LogP) is 8.21. The average Bonchev–Trinajstić information content (AvgIpc) is 3.55. The third-order valence-corrected chi connectivity index (χ3v) is 7.28. The average molecular weight is 586 g/mol. The SMILES string of the molecule is Fc1ccc(-c2ccc(C3C(c4ccccn4)NC(=S)N3c3ccc(Oc4ccccc4)cc3)o2)c(Br)c1. The van der Waals surface area contributed by atoms with Gasteiger partial charge in [-0.2, -0.15) is 0 Å². The highest BCUT2D eigenvalue weighted by Gasteiger charge is 2.42. The van der Waals surface area contributed by atoms with Crippen molar-refractivity contribution in [2.24, 2.45) is 0 Å². The minimum absolute atomic E-state index is 0.250. The lowest BCUT2D eigenvalue weighted by molar-refractivity contribution is 0.439. The van der Waals surface area contributed by atoms with E-state index in [2.05, 4.69) is 26.2 Å². The molecule has 2 aromatic heterocycles. The van der Waals surface area contributed by atoms with Crippen LogP contribution >= 0.6 is 28.1 Å². The van der Waals surface area contributed by atoms with Crippen molar-refractivity contribution in [2.45, 2.75) is 12.1 Å². The van der Waals surface area contributed by atoms with Crippen molar-refractivity contribution in [1.82, 2.24) is 10.3 Å². The van der Waals surface area contributed by atoms with Crippen molar-refractivity contribution < 1.29 is 13.5 Å². The molecule has 1 aliphatic heterocycles. The van der Waals surface area contributed by atoms with Crippen LogP contribution in [0.4, 0.5) is 10.1 Å². The highest BCUT2D eigenvalue weighted by atomic mass is 79.9. The lowest BCUT2D eigenvalue weighted by Gasteiger charge is -2.26. The number of aromatic nitrogens is 1.